The molecule has 1 saturated carbocycles. The molecule has 8 nitrogen and oxygen atoms in total. The molecule has 1 saturated heterocycles. The van der Waals surface area contributed by atoms with E-state index in [1.807, 2.05) is 59.5 Å². The largest absolute Gasteiger partial charge is 0.493 e. The van der Waals surface area contributed by atoms with Crippen LogP contribution in [0.15, 0.2) is 66.7 Å². The van der Waals surface area contributed by atoms with Crippen LogP contribution < -0.4 is 30.4 Å². The van der Waals surface area contributed by atoms with Crippen molar-refractivity contribution in [2.75, 3.05) is 18.6 Å². The number of hydrazine groups is 1. The van der Waals surface area contributed by atoms with Gasteiger partial charge in [-0.1, -0.05) is 30.3 Å². The molecule has 5 rings (SSSR count). The highest BCUT2D eigenvalue weighted by atomic mass is 16.5. The number of nitrogens with two attached hydrogens (primary N) is 1. The molecule has 0 aromatic heterocycles. The molecular weight excluding hydrogens is 482 g/mol. The average Bonchev–Trinajstić information content (AvgIpc) is 3.61. The van der Waals surface area contributed by atoms with Gasteiger partial charge in [0.1, 0.15) is 18.6 Å². The van der Waals surface area contributed by atoms with E-state index in [9.17, 15) is 9.90 Å². The molecule has 38 heavy (non-hydrogen) atoms. The summed E-state index contributed by atoms with van der Waals surface area (Å²) in [6.45, 7) is 1.01. The lowest BCUT2D eigenvalue weighted by atomic mass is 9.94. The lowest BCUT2D eigenvalue weighted by Gasteiger charge is -2.27. The highest BCUT2D eigenvalue weighted by Gasteiger charge is 2.35. The Hall–Kier alpha value is -3.75. The summed E-state index contributed by atoms with van der Waals surface area (Å²) in [6.07, 6.45) is 4.56. The summed E-state index contributed by atoms with van der Waals surface area (Å²) in [6, 6.07) is 21.0. The van der Waals surface area contributed by atoms with Crippen molar-refractivity contribution in [2.24, 2.45) is 5.84 Å². The van der Waals surface area contributed by atoms with Gasteiger partial charge in [0.2, 0.25) is 0 Å². The zero-order chi connectivity index (χ0) is 26.5. The van der Waals surface area contributed by atoms with Crippen LogP contribution >= 0.6 is 0 Å². The molecule has 2 aliphatic rings. The second-order valence-electron chi connectivity index (χ2n) is 9.90. The van der Waals surface area contributed by atoms with Crippen LogP contribution in [0.1, 0.15) is 59.5 Å². The number of nitrogens with zero attached hydrogens (tertiary/aromatic N) is 1. The molecule has 4 N–H and O–H groups in total. The summed E-state index contributed by atoms with van der Waals surface area (Å²) in [5.74, 6) is 6.73. The van der Waals surface area contributed by atoms with Crippen molar-refractivity contribution in [3.05, 3.63) is 83.4 Å². The van der Waals surface area contributed by atoms with E-state index in [4.69, 9.17) is 20.1 Å². The van der Waals surface area contributed by atoms with Crippen LogP contribution in [0.4, 0.5) is 5.69 Å². The molecular formula is C30H35N3O5. The zero-order valence-corrected chi connectivity index (χ0v) is 21.6. The second-order valence-corrected chi connectivity index (χ2v) is 9.90. The lowest BCUT2D eigenvalue weighted by Crippen LogP contribution is -2.32. The number of anilines is 1. The van der Waals surface area contributed by atoms with Crippen molar-refractivity contribution in [3.63, 3.8) is 0 Å². The molecule has 2 atom stereocenters. The molecule has 0 spiro atoms. The number of rotatable bonds is 9. The number of benzene rings is 3. The van der Waals surface area contributed by atoms with Crippen LogP contribution in [0.5, 0.6) is 17.2 Å². The number of amides is 1. The number of nitrogen functional groups attached to an aromatic ring is 1. The van der Waals surface area contributed by atoms with Gasteiger partial charge in [-0.25, -0.2) is 5.84 Å². The third-order valence-electron chi connectivity index (χ3n) is 7.43. The first-order valence-electron chi connectivity index (χ1n) is 13.2. The van der Waals surface area contributed by atoms with Crippen LogP contribution in [-0.2, 0) is 6.61 Å². The van der Waals surface area contributed by atoms with Gasteiger partial charge in [0.25, 0.3) is 5.91 Å². The molecule has 2 fully saturated rings. The first-order chi connectivity index (χ1) is 18.6. The van der Waals surface area contributed by atoms with Crippen molar-refractivity contribution in [1.29, 1.82) is 0 Å². The Morgan fingerprint density at radius 3 is 2.55 bits per heavy atom. The maximum absolute atomic E-state index is 12.4. The molecule has 8 heteroatoms. The minimum absolute atomic E-state index is 0.195. The number of methoxy groups -OCH3 is 1. The van der Waals surface area contributed by atoms with Crippen LogP contribution in [0.25, 0.3) is 0 Å². The Kier molecular flexibility index (Phi) is 8.00. The van der Waals surface area contributed by atoms with Crippen LogP contribution in [0.2, 0.25) is 0 Å². The number of nitrogens with one attached hydrogen (secondary N) is 1. The van der Waals surface area contributed by atoms with Crippen molar-refractivity contribution < 1.29 is 24.1 Å². The number of hydrogen-bond acceptors (Lipinski definition) is 7. The summed E-state index contributed by atoms with van der Waals surface area (Å²) in [5, 5.41) is 11.4. The smallest absolute Gasteiger partial charge is 0.265 e. The van der Waals surface area contributed by atoms with Gasteiger partial charge in [-0.15, -0.1) is 0 Å². The molecule has 0 radical (unpaired) electrons. The van der Waals surface area contributed by atoms with Gasteiger partial charge in [0.05, 0.1) is 13.2 Å². The molecule has 3 aromatic rings. The Labute approximate surface area is 223 Å². The van der Waals surface area contributed by atoms with Gasteiger partial charge in [-0.3, -0.25) is 10.2 Å². The molecule has 1 aliphatic carbocycles. The Morgan fingerprint density at radius 2 is 1.82 bits per heavy atom. The van der Waals surface area contributed by atoms with Gasteiger partial charge in [0, 0.05) is 29.8 Å². The van der Waals surface area contributed by atoms with E-state index in [2.05, 4.69) is 5.43 Å². The monoisotopic (exact) mass is 517 g/mol. The molecule has 2 unspecified atom stereocenters. The third-order valence-corrected chi connectivity index (χ3v) is 7.43. The summed E-state index contributed by atoms with van der Waals surface area (Å²) in [7, 11) is 1.64. The fourth-order valence-corrected chi connectivity index (χ4v) is 5.39. The average molecular weight is 518 g/mol. The quantitative estimate of drug-likeness (QED) is 0.218. The Bertz CT molecular complexity index is 1250. The molecule has 0 bridgehead atoms. The van der Waals surface area contributed by atoms with E-state index in [0.717, 1.165) is 29.7 Å². The topological polar surface area (TPSA) is 106 Å². The predicted octanol–water partition coefficient (Wildman–Crippen LogP) is 4.51. The van der Waals surface area contributed by atoms with Crippen molar-refractivity contribution in [3.8, 4) is 17.2 Å². The van der Waals surface area contributed by atoms with Gasteiger partial charge >= 0.3 is 0 Å². The predicted molar refractivity (Wildman–Crippen MR) is 145 cm³/mol. The van der Waals surface area contributed by atoms with Crippen molar-refractivity contribution >= 4 is 11.6 Å². The van der Waals surface area contributed by atoms with Crippen molar-refractivity contribution in [1.82, 2.24) is 5.43 Å². The van der Waals surface area contributed by atoms with E-state index in [0.29, 0.717) is 42.4 Å². The summed E-state index contributed by atoms with van der Waals surface area (Å²) in [4.78, 5) is 14.4. The van der Waals surface area contributed by atoms with Gasteiger partial charge in [-0.2, -0.15) is 0 Å². The Balaban J connectivity index is 1.37. The highest BCUT2D eigenvalue weighted by molar-refractivity contribution is 5.94. The fourth-order valence-electron chi connectivity index (χ4n) is 5.39. The van der Waals surface area contributed by atoms with E-state index >= 15 is 0 Å². The maximum Gasteiger partial charge on any atom is 0.265 e. The van der Waals surface area contributed by atoms with Crippen molar-refractivity contribution in [2.45, 2.75) is 57.0 Å². The number of hydrogen-bond donors (Lipinski definition) is 3. The minimum atomic E-state index is -0.791. The first-order valence-corrected chi connectivity index (χ1v) is 13.2. The molecule has 3 aromatic carbocycles. The van der Waals surface area contributed by atoms with Crippen LogP contribution in [0, 0.1) is 0 Å². The van der Waals surface area contributed by atoms with Gasteiger partial charge in [-0.05, 0) is 73.6 Å². The zero-order valence-electron chi connectivity index (χ0n) is 21.6. The number of aliphatic hydroxyl groups is 1. The SMILES string of the molecule is COc1ccc(N2CCC(c3cc(OCc4ccccc4)cc(C(=O)NN)c3)C2O)cc1OC1CCCC1. The Morgan fingerprint density at radius 1 is 1.03 bits per heavy atom. The second kappa shape index (κ2) is 11.8. The lowest BCUT2D eigenvalue weighted by molar-refractivity contribution is 0.0952. The van der Waals surface area contributed by atoms with Gasteiger partial charge < -0.3 is 24.2 Å². The molecule has 1 aliphatic heterocycles. The van der Waals surface area contributed by atoms with E-state index in [1.54, 1.807) is 19.2 Å². The van der Waals surface area contributed by atoms with Gasteiger partial charge in [0.15, 0.2) is 11.5 Å². The number of carbonyl (C=O) groups is 1. The summed E-state index contributed by atoms with van der Waals surface area (Å²) < 4.78 is 17.8. The molecule has 200 valence electrons. The molecule has 1 amide bonds. The first kappa shape index (κ1) is 25.9. The maximum atomic E-state index is 12.4. The van der Waals surface area contributed by atoms with E-state index in [1.165, 1.54) is 12.8 Å². The van der Waals surface area contributed by atoms with E-state index in [-0.39, 0.29) is 12.0 Å². The van der Waals surface area contributed by atoms with Crippen LogP contribution in [0.3, 0.4) is 0 Å². The normalized spacial score (nSPS) is 19.4. The standard InChI is InChI=1S/C30H35N3O5/c1-36-27-12-11-23(18-28(27)38-24-9-5-6-10-24)33-14-13-26(30(33)35)21-15-22(29(34)32-31)17-25(16-21)37-19-20-7-3-2-4-8-20/h2-4,7-8,11-12,15-18,24,26,30,35H,5-6,9-10,13-14,19,31H2,1H3,(H,32,34). The molecule has 1 heterocycles. The number of ether oxygens (including phenoxy) is 3. The minimum Gasteiger partial charge on any atom is -0.493 e. The summed E-state index contributed by atoms with van der Waals surface area (Å²) in [5.41, 5.74) is 5.29. The fraction of sp³-hybridized carbons (Fsp3) is 0.367. The third kappa shape index (κ3) is 5.71. The van der Waals surface area contributed by atoms with Crippen LogP contribution in [-0.4, -0.2) is 37.0 Å². The van der Waals surface area contributed by atoms with E-state index < -0.39 is 12.1 Å². The number of aliphatic hydroxyl groups excluding tert-OH is 1. The highest BCUT2D eigenvalue weighted by Crippen LogP contribution is 2.41. The number of carbonyl (C=O) groups excluding carboxylic acids is 1. The summed E-state index contributed by atoms with van der Waals surface area (Å²) >= 11 is 0.